The Balaban J connectivity index is 2.86. The minimum Gasteiger partial charge on any atom is -0.422 e. The normalized spacial score (nSPS) is 9.73. The van der Waals surface area contributed by atoms with Crippen molar-refractivity contribution in [3.8, 4) is 0 Å². The zero-order valence-electron chi connectivity index (χ0n) is 5.70. The van der Waals surface area contributed by atoms with Crippen LogP contribution in [0.15, 0.2) is 24.3 Å². The summed E-state index contributed by atoms with van der Waals surface area (Å²) in [6.45, 7) is 0. The molecule has 0 aliphatic rings. The van der Waals surface area contributed by atoms with E-state index in [0.717, 1.165) is 6.07 Å². The lowest BCUT2D eigenvalue weighted by atomic mass is 9.80. The lowest BCUT2D eigenvalue weighted by Gasteiger charge is -2.01. The second kappa shape index (κ2) is 3.48. The van der Waals surface area contributed by atoms with Gasteiger partial charge in [0, 0.05) is 0 Å². The summed E-state index contributed by atoms with van der Waals surface area (Å²) in [5.74, 6) is 4.25. The third-order valence-corrected chi connectivity index (χ3v) is 1.26. The summed E-state index contributed by atoms with van der Waals surface area (Å²) in [6.07, 6.45) is 0. The minimum absolute atomic E-state index is 0.299. The van der Waals surface area contributed by atoms with Crippen LogP contribution in [0, 0.1) is 5.82 Å². The number of hydrogen-bond donors (Lipinski definition) is 2. The van der Waals surface area contributed by atoms with Gasteiger partial charge in [0.1, 0.15) is 5.82 Å². The first-order chi connectivity index (χ1) is 5.24. The van der Waals surface area contributed by atoms with Gasteiger partial charge in [-0.15, -0.1) is 0 Å². The first-order valence-corrected chi connectivity index (χ1v) is 3.03. The fraction of sp³-hybridized carbons (Fsp3) is 0. The molecule has 0 unspecified atom stereocenters. The van der Waals surface area contributed by atoms with Gasteiger partial charge in [-0.25, -0.2) is 10.3 Å². The van der Waals surface area contributed by atoms with Gasteiger partial charge in [0.05, 0.1) is 0 Å². The van der Waals surface area contributed by atoms with Crippen molar-refractivity contribution in [3.05, 3.63) is 30.1 Å². The zero-order valence-corrected chi connectivity index (χ0v) is 5.70. The van der Waals surface area contributed by atoms with E-state index in [1.165, 1.54) is 18.2 Å². The monoisotopic (exact) mass is 155 g/mol. The number of rotatable bonds is 2. The summed E-state index contributed by atoms with van der Waals surface area (Å²) in [5, 5.41) is 8.94. The lowest BCUT2D eigenvalue weighted by molar-refractivity contribution is 0.281. The van der Waals surface area contributed by atoms with Crippen LogP contribution >= 0.6 is 0 Å². The molecular weight excluding hydrogens is 148 g/mol. The molecule has 11 heavy (non-hydrogen) atoms. The van der Waals surface area contributed by atoms with Crippen molar-refractivity contribution < 1.29 is 14.2 Å². The molecule has 3 nitrogen and oxygen atoms in total. The van der Waals surface area contributed by atoms with Crippen LogP contribution in [-0.4, -0.2) is 12.1 Å². The number of hydrogen-bond acceptors (Lipinski definition) is 3. The Morgan fingerprint density at radius 2 is 2.27 bits per heavy atom. The molecule has 1 aromatic carbocycles. The van der Waals surface area contributed by atoms with E-state index in [1.54, 1.807) is 0 Å². The van der Waals surface area contributed by atoms with Crippen LogP contribution in [0.25, 0.3) is 0 Å². The van der Waals surface area contributed by atoms with Gasteiger partial charge in [-0.05, 0) is 17.6 Å². The molecule has 3 N–H and O–H groups in total. The van der Waals surface area contributed by atoms with E-state index < -0.39 is 12.9 Å². The molecule has 0 spiro atoms. The number of nitrogens with two attached hydrogens (primary N) is 1. The standard InChI is InChI=1S/C6H7BFNO2/c8-6-3-1-2-5(4-6)7(10)11-9/h1-4,10H,9H2. The van der Waals surface area contributed by atoms with Crippen LogP contribution in [0.3, 0.4) is 0 Å². The summed E-state index contributed by atoms with van der Waals surface area (Å²) in [7, 11) is -1.26. The molecule has 0 aliphatic carbocycles. The number of halogens is 1. The molecule has 0 aliphatic heterocycles. The third-order valence-electron chi connectivity index (χ3n) is 1.26. The molecule has 0 bridgehead atoms. The maximum Gasteiger partial charge on any atom is 0.508 e. The second-order valence-electron chi connectivity index (χ2n) is 2.04. The highest BCUT2D eigenvalue weighted by Gasteiger charge is 2.14. The van der Waals surface area contributed by atoms with Crippen molar-refractivity contribution in [2.45, 2.75) is 0 Å². The van der Waals surface area contributed by atoms with Gasteiger partial charge in [-0.2, -0.15) is 0 Å². The molecule has 58 valence electrons. The molecule has 0 saturated carbocycles. The molecule has 0 amide bonds. The Labute approximate surface area is 63.7 Å². The SMILES string of the molecule is NOB(O)c1cccc(F)c1. The van der Waals surface area contributed by atoms with Gasteiger partial charge in [0.2, 0.25) is 0 Å². The van der Waals surface area contributed by atoms with E-state index in [-0.39, 0.29) is 0 Å². The molecule has 0 heterocycles. The molecule has 0 saturated heterocycles. The number of benzene rings is 1. The highest BCUT2D eigenvalue weighted by molar-refractivity contribution is 6.59. The Kier molecular flexibility index (Phi) is 2.59. The van der Waals surface area contributed by atoms with Crippen LogP contribution in [0.5, 0.6) is 0 Å². The van der Waals surface area contributed by atoms with Crippen LogP contribution in [0.2, 0.25) is 0 Å². The van der Waals surface area contributed by atoms with Gasteiger partial charge in [0.25, 0.3) is 0 Å². The Morgan fingerprint density at radius 3 is 2.82 bits per heavy atom. The predicted octanol–water partition coefficient (Wildman–Crippen LogP) is -0.597. The highest BCUT2D eigenvalue weighted by atomic mass is 19.1. The minimum atomic E-state index is -1.26. The molecular formula is C6H7BFNO2. The summed E-state index contributed by atoms with van der Waals surface area (Å²) < 4.78 is 16.5. The van der Waals surface area contributed by atoms with Gasteiger partial charge < -0.3 is 9.78 Å². The van der Waals surface area contributed by atoms with Crippen LogP contribution < -0.4 is 11.4 Å². The molecule has 1 aromatic rings. The van der Waals surface area contributed by atoms with E-state index >= 15 is 0 Å². The van der Waals surface area contributed by atoms with E-state index in [9.17, 15) is 4.39 Å². The third kappa shape index (κ3) is 2.01. The van der Waals surface area contributed by atoms with Crippen molar-refractivity contribution in [3.63, 3.8) is 0 Å². The summed E-state index contributed by atoms with van der Waals surface area (Å²) in [5.41, 5.74) is 0.299. The largest absolute Gasteiger partial charge is 0.508 e. The molecule has 0 aromatic heterocycles. The van der Waals surface area contributed by atoms with Gasteiger partial charge in [-0.3, -0.25) is 0 Å². The molecule has 0 atom stereocenters. The fourth-order valence-corrected chi connectivity index (χ4v) is 0.739. The lowest BCUT2D eigenvalue weighted by Crippen LogP contribution is -2.36. The van der Waals surface area contributed by atoms with Crippen LogP contribution in [-0.2, 0) is 4.76 Å². The van der Waals surface area contributed by atoms with E-state index in [4.69, 9.17) is 5.02 Å². The maximum absolute atomic E-state index is 12.5. The average molecular weight is 155 g/mol. The summed E-state index contributed by atoms with van der Waals surface area (Å²) in [4.78, 5) is 0. The van der Waals surface area contributed by atoms with E-state index in [1.807, 2.05) is 0 Å². The molecule has 1 rings (SSSR count). The first-order valence-electron chi connectivity index (χ1n) is 3.03. The van der Waals surface area contributed by atoms with Gasteiger partial charge in [0.15, 0.2) is 0 Å². The predicted molar refractivity (Wildman–Crippen MR) is 39.3 cm³/mol. The summed E-state index contributed by atoms with van der Waals surface area (Å²) >= 11 is 0. The summed E-state index contributed by atoms with van der Waals surface area (Å²) in [6, 6.07) is 5.40. The quantitative estimate of drug-likeness (QED) is 0.443. The van der Waals surface area contributed by atoms with Gasteiger partial charge >= 0.3 is 7.12 Å². The van der Waals surface area contributed by atoms with Crippen LogP contribution in [0.1, 0.15) is 0 Å². The molecule has 5 heteroatoms. The average Bonchev–Trinajstić information content (AvgIpc) is 2.03. The van der Waals surface area contributed by atoms with Crippen molar-refractivity contribution in [2.24, 2.45) is 5.90 Å². The zero-order chi connectivity index (χ0) is 8.27. The molecule has 0 fully saturated rings. The smallest absolute Gasteiger partial charge is 0.422 e. The second-order valence-corrected chi connectivity index (χ2v) is 2.04. The van der Waals surface area contributed by atoms with E-state index in [2.05, 4.69) is 10.7 Å². The van der Waals surface area contributed by atoms with Crippen LogP contribution in [0.4, 0.5) is 4.39 Å². The Morgan fingerprint density at radius 1 is 1.55 bits per heavy atom. The maximum atomic E-state index is 12.5. The highest BCUT2D eigenvalue weighted by Crippen LogP contribution is 1.93. The van der Waals surface area contributed by atoms with Gasteiger partial charge in [-0.1, -0.05) is 12.1 Å². The van der Waals surface area contributed by atoms with Crippen molar-refractivity contribution in [1.29, 1.82) is 0 Å². The van der Waals surface area contributed by atoms with Crippen molar-refractivity contribution in [1.82, 2.24) is 0 Å². The van der Waals surface area contributed by atoms with Crippen molar-refractivity contribution in [2.75, 3.05) is 0 Å². The Hall–Kier alpha value is -0.905. The molecule has 0 radical (unpaired) electrons. The van der Waals surface area contributed by atoms with Crippen molar-refractivity contribution >= 4 is 12.6 Å². The Bertz CT molecular complexity index is 246. The topological polar surface area (TPSA) is 55.5 Å². The fourth-order valence-electron chi connectivity index (χ4n) is 0.739. The first kappa shape index (κ1) is 8.19. The van der Waals surface area contributed by atoms with E-state index in [0.29, 0.717) is 5.46 Å².